The van der Waals surface area contributed by atoms with E-state index in [2.05, 4.69) is 10.3 Å². The zero-order valence-electron chi connectivity index (χ0n) is 18.8. The summed E-state index contributed by atoms with van der Waals surface area (Å²) in [6.07, 6.45) is 13.0. The first-order valence-electron chi connectivity index (χ1n) is 11.7. The van der Waals surface area contributed by atoms with Crippen LogP contribution in [0.3, 0.4) is 0 Å². The predicted molar refractivity (Wildman–Crippen MR) is 120 cm³/mol. The lowest BCUT2D eigenvalue weighted by Crippen LogP contribution is -2.49. The summed E-state index contributed by atoms with van der Waals surface area (Å²) in [4.78, 5) is 33.5. The Hall–Kier alpha value is -2.44. The minimum Gasteiger partial charge on any atom is -0.427 e. The fraction of sp³-hybridized carbons (Fsp3) is 0.667. The third kappa shape index (κ3) is 4.46. The highest BCUT2D eigenvalue weighted by Crippen LogP contribution is 2.37. The van der Waals surface area contributed by atoms with Crippen molar-refractivity contribution in [2.75, 3.05) is 20.1 Å². The zero-order chi connectivity index (χ0) is 22.0. The van der Waals surface area contributed by atoms with Crippen molar-refractivity contribution in [1.82, 2.24) is 20.1 Å². The summed E-state index contributed by atoms with van der Waals surface area (Å²) in [5.74, 6) is 0.812. The summed E-state index contributed by atoms with van der Waals surface area (Å²) < 4.78 is 0. The quantitative estimate of drug-likeness (QED) is 0.759. The van der Waals surface area contributed by atoms with Crippen LogP contribution in [0.2, 0.25) is 0 Å². The minimum absolute atomic E-state index is 0.0154. The van der Waals surface area contributed by atoms with Gasteiger partial charge in [-0.2, -0.15) is 0 Å². The van der Waals surface area contributed by atoms with Gasteiger partial charge in [0.15, 0.2) is 5.91 Å². The Bertz CT molecular complexity index is 850. The molecule has 1 aliphatic carbocycles. The molecule has 0 bridgehead atoms. The molecule has 168 valence electrons. The van der Waals surface area contributed by atoms with Crippen LogP contribution < -0.4 is 5.32 Å². The standard InChI is InChI=1S/C24H34N5O2/c1-17-9-12-26-15-20(17)21(30)29-13-10-19(16-29)14-24(22(31)28(2)23(25)27-24)11-8-18-6-4-3-5-7-18/h9,12,15,18-19H,3-8,10-11,13-14,16H2,1-2H3,(H-,25,27)/q-1/t19?,24-/m0/s1. The maximum Gasteiger partial charge on any atom is 0.255 e. The fourth-order valence-corrected chi connectivity index (χ4v) is 5.64. The SMILES string of the molecule is Cc1ccncc1C(=O)N1CCC(C[C@]2(CCC3CCCCC3)NC(=[N-])N(C)C2=O)C1. The van der Waals surface area contributed by atoms with Crippen LogP contribution in [0.5, 0.6) is 0 Å². The molecule has 7 nitrogen and oxygen atoms in total. The van der Waals surface area contributed by atoms with Crippen molar-refractivity contribution in [2.24, 2.45) is 11.8 Å². The molecule has 3 fully saturated rings. The van der Waals surface area contributed by atoms with E-state index in [-0.39, 0.29) is 23.7 Å². The molecule has 0 spiro atoms. The summed E-state index contributed by atoms with van der Waals surface area (Å²) in [6.45, 7) is 3.26. The Labute approximate surface area is 185 Å². The van der Waals surface area contributed by atoms with Crippen molar-refractivity contribution >= 4 is 17.8 Å². The third-order valence-corrected chi connectivity index (χ3v) is 7.57. The van der Waals surface area contributed by atoms with E-state index in [0.29, 0.717) is 31.0 Å². The van der Waals surface area contributed by atoms with Gasteiger partial charge in [0.1, 0.15) is 0 Å². The van der Waals surface area contributed by atoms with Crippen molar-refractivity contribution in [1.29, 1.82) is 0 Å². The molecule has 2 aliphatic heterocycles. The zero-order valence-corrected chi connectivity index (χ0v) is 18.8. The van der Waals surface area contributed by atoms with Gasteiger partial charge in [0.2, 0.25) is 0 Å². The molecule has 2 saturated heterocycles. The van der Waals surface area contributed by atoms with Crippen LogP contribution in [-0.2, 0) is 4.79 Å². The molecule has 3 aliphatic rings. The van der Waals surface area contributed by atoms with Gasteiger partial charge < -0.3 is 20.5 Å². The molecule has 2 atom stereocenters. The molecular formula is C24H34N5O2-. The average Bonchev–Trinajstić information content (AvgIpc) is 3.32. The van der Waals surface area contributed by atoms with Crippen molar-refractivity contribution in [3.8, 4) is 0 Å². The monoisotopic (exact) mass is 424 g/mol. The van der Waals surface area contributed by atoms with Gasteiger partial charge >= 0.3 is 0 Å². The Morgan fingerprint density at radius 1 is 1.26 bits per heavy atom. The van der Waals surface area contributed by atoms with Gasteiger partial charge in [0.05, 0.1) is 11.1 Å². The van der Waals surface area contributed by atoms with Crippen LogP contribution in [0.4, 0.5) is 0 Å². The van der Waals surface area contributed by atoms with Crippen LogP contribution in [0.1, 0.15) is 73.7 Å². The summed E-state index contributed by atoms with van der Waals surface area (Å²) in [6, 6.07) is 1.86. The maximum absolute atomic E-state index is 13.2. The second-order valence-electron chi connectivity index (χ2n) is 9.74. The predicted octanol–water partition coefficient (Wildman–Crippen LogP) is 3.33. The highest BCUT2D eigenvalue weighted by molar-refractivity contribution is 6.09. The van der Waals surface area contributed by atoms with E-state index in [1.165, 1.54) is 37.0 Å². The lowest BCUT2D eigenvalue weighted by Gasteiger charge is -2.35. The second-order valence-corrected chi connectivity index (χ2v) is 9.74. The minimum atomic E-state index is -0.760. The van der Waals surface area contributed by atoms with E-state index < -0.39 is 5.54 Å². The van der Waals surface area contributed by atoms with Gasteiger partial charge in [-0.1, -0.05) is 32.1 Å². The topological polar surface area (TPSA) is 87.8 Å². The van der Waals surface area contributed by atoms with E-state index in [1.807, 2.05) is 17.9 Å². The first-order valence-corrected chi connectivity index (χ1v) is 11.7. The number of carbonyl (C=O) groups is 2. The summed E-state index contributed by atoms with van der Waals surface area (Å²) in [5, 5.41) is 13.4. The third-order valence-electron chi connectivity index (χ3n) is 7.57. The van der Waals surface area contributed by atoms with E-state index in [4.69, 9.17) is 0 Å². The number of aryl methyl sites for hydroxylation is 1. The number of hydrogen-bond donors (Lipinski definition) is 1. The number of pyridine rings is 1. The van der Waals surface area contributed by atoms with Crippen LogP contribution >= 0.6 is 0 Å². The molecule has 7 heteroatoms. The molecule has 0 aromatic carbocycles. The van der Waals surface area contributed by atoms with Gasteiger partial charge in [-0.25, -0.2) is 0 Å². The smallest absolute Gasteiger partial charge is 0.255 e. The lowest BCUT2D eigenvalue weighted by atomic mass is 9.78. The van der Waals surface area contributed by atoms with Crippen molar-refractivity contribution in [2.45, 2.75) is 70.3 Å². The van der Waals surface area contributed by atoms with Gasteiger partial charge in [-0.05, 0) is 63.1 Å². The first-order chi connectivity index (χ1) is 14.9. The number of likely N-dealkylation sites (N-methyl/N-ethyl adjacent to an activating group) is 1. The first kappa shape index (κ1) is 21.8. The Morgan fingerprint density at radius 3 is 2.71 bits per heavy atom. The van der Waals surface area contributed by atoms with Crippen LogP contribution in [0.15, 0.2) is 18.5 Å². The second kappa shape index (κ2) is 8.97. The Morgan fingerprint density at radius 2 is 2.03 bits per heavy atom. The molecular weight excluding hydrogens is 390 g/mol. The summed E-state index contributed by atoms with van der Waals surface area (Å²) in [5.41, 5.74) is 0.821. The van der Waals surface area contributed by atoms with Crippen LogP contribution in [-0.4, -0.2) is 58.2 Å². The molecule has 31 heavy (non-hydrogen) atoms. The number of carbonyl (C=O) groups excluding carboxylic acids is 2. The summed E-state index contributed by atoms with van der Waals surface area (Å²) in [7, 11) is 1.63. The van der Waals surface area contributed by atoms with Gasteiger partial charge in [0, 0.05) is 31.4 Å². The summed E-state index contributed by atoms with van der Waals surface area (Å²) >= 11 is 0. The number of likely N-dealkylation sites (tertiary alicyclic amines) is 1. The molecule has 1 saturated carbocycles. The molecule has 1 unspecified atom stereocenters. The number of guanidine groups is 1. The Balaban J connectivity index is 1.44. The largest absolute Gasteiger partial charge is 0.427 e. The highest BCUT2D eigenvalue weighted by atomic mass is 16.2. The normalized spacial score (nSPS) is 27.1. The van der Waals surface area contributed by atoms with Crippen molar-refractivity contribution in [3.63, 3.8) is 0 Å². The van der Waals surface area contributed by atoms with Gasteiger partial charge in [-0.3, -0.25) is 14.6 Å². The number of nitrogens with one attached hydrogen (secondary N) is 1. The van der Waals surface area contributed by atoms with Crippen LogP contribution in [0, 0.1) is 18.8 Å². The number of rotatable bonds is 6. The molecule has 1 aromatic heterocycles. The lowest BCUT2D eigenvalue weighted by molar-refractivity contribution is -0.131. The van der Waals surface area contributed by atoms with Crippen molar-refractivity contribution in [3.05, 3.63) is 35.0 Å². The van der Waals surface area contributed by atoms with E-state index >= 15 is 0 Å². The Kier molecular flexibility index (Phi) is 6.30. The molecule has 3 heterocycles. The van der Waals surface area contributed by atoms with Gasteiger partial charge in [0.25, 0.3) is 5.91 Å². The fourth-order valence-electron chi connectivity index (χ4n) is 5.64. The molecule has 4 rings (SSSR count). The number of aromatic nitrogens is 1. The molecule has 1 N–H and O–H groups in total. The van der Waals surface area contributed by atoms with E-state index in [1.54, 1.807) is 19.4 Å². The molecule has 1 aromatic rings. The molecule has 0 radical (unpaired) electrons. The maximum atomic E-state index is 13.2. The van der Waals surface area contributed by atoms with E-state index in [0.717, 1.165) is 24.8 Å². The average molecular weight is 425 g/mol. The van der Waals surface area contributed by atoms with E-state index in [9.17, 15) is 15.0 Å². The van der Waals surface area contributed by atoms with Gasteiger partial charge in [-0.15, -0.1) is 0 Å². The number of nitrogens with zero attached hydrogens (tertiary/aromatic N) is 4. The highest BCUT2D eigenvalue weighted by Gasteiger charge is 2.44. The molecule has 2 amide bonds. The number of hydrogen-bond acceptors (Lipinski definition) is 3. The van der Waals surface area contributed by atoms with Crippen molar-refractivity contribution < 1.29 is 9.59 Å². The number of amides is 2. The van der Waals surface area contributed by atoms with Crippen LogP contribution in [0.25, 0.3) is 5.41 Å².